The van der Waals surface area contributed by atoms with Crippen LogP contribution in [0.3, 0.4) is 0 Å². The van der Waals surface area contributed by atoms with E-state index in [1.54, 1.807) is 6.08 Å². The van der Waals surface area contributed by atoms with Crippen LogP contribution in [0.2, 0.25) is 0 Å². The Hall–Kier alpha value is -1.72. The maximum atomic E-state index is 12.3. The molecule has 0 aromatic heterocycles. The van der Waals surface area contributed by atoms with Crippen LogP contribution >= 0.6 is 0 Å². The van der Waals surface area contributed by atoms with Gasteiger partial charge < -0.3 is 9.47 Å². The van der Waals surface area contributed by atoms with Gasteiger partial charge in [-0.15, -0.1) is 0 Å². The highest BCUT2D eigenvalue weighted by molar-refractivity contribution is 5.83. The summed E-state index contributed by atoms with van der Waals surface area (Å²) in [5, 5.41) is 0. The van der Waals surface area contributed by atoms with Crippen LogP contribution in [0, 0.1) is 29.1 Å². The maximum absolute atomic E-state index is 12.3. The minimum absolute atomic E-state index is 0.0244. The topological polar surface area (TPSA) is 35.5 Å². The number of hydrogen-bond acceptors (Lipinski definition) is 3. The molecule has 26 heavy (non-hydrogen) atoms. The fraction of sp³-hybridized carbons (Fsp3) is 0.650. The van der Waals surface area contributed by atoms with Gasteiger partial charge >= 0.3 is 12.1 Å². The highest BCUT2D eigenvalue weighted by atomic mass is 19.4. The zero-order valence-corrected chi connectivity index (χ0v) is 15.1. The van der Waals surface area contributed by atoms with Crippen molar-refractivity contribution in [3.05, 3.63) is 36.6 Å². The first kappa shape index (κ1) is 19.1. The average Bonchev–Trinajstić information content (AvgIpc) is 2.84. The van der Waals surface area contributed by atoms with E-state index in [9.17, 15) is 18.0 Å². The van der Waals surface area contributed by atoms with E-state index >= 15 is 0 Å². The Morgan fingerprint density at radius 1 is 1.42 bits per heavy atom. The zero-order chi connectivity index (χ0) is 19.1. The van der Waals surface area contributed by atoms with Gasteiger partial charge in [0.05, 0.1) is 6.08 Å². The summed E-state index contributed by atoms with van der Waals surface area (Å²) in [7, 11) is 0. The number of ether oxygens (including phenoxy) is 2. The van der Waals surface area contributed by atoms with Crippen molar-refractivity contribution < 1.29 is 27.4 Å². The lowest BCUT2D eigenvalue weighted by Crippen LogP contribution is -2.43. The third-order valence-corrected chi connectivity index (χ3v) is 6.20. The highest BCUT2D eigenvalue weighted by Crippen LogP contribution is 2.60. The Bertz CT molecular complexity index is 637. The number of esters is 1. The van der Waals surface area contributed by atoms with Crippen molar-refractivity contribution in [1.29, 1.82) is 0 Å². The molecule has 0 N–H and O–H groups in total. The summed E-state index contributed by atoms with van der Waals surface area (Å²) in [5.41, 5.74) is -0.435. The average molecular weight is 370 g/mol. The SMILES string of the molecule is C=C[C@H]1O/C(=C\C(=O)OCC(F)(F)F)[C@@]2(C)[C@@H]1C=C[C@H]1C[C@@H](C)CC[C@@H]12. The largest absolute Gasteiger partial charge is 0.489 e. The molecule has 1 heterocycles. The first-order valence-electron chi connectivity index (χ1n) is 9.08. The molecule has 3 aliphatic rings. The van der Waals surface area contributed by atoms with Crippen LogP contribution in [0.25, 0.3) is 0 Å². The quantitative estimate of drug-likeness (QED) is 0.406. The van der Waals surface area contributed by atoms with Crippen molar-refractivity contribution in [2.45, 2.75) is 45.4 Å². The molecular weight excluding hydrogens is 345 g/mol. The molecule has 2 fully saturated rings. The summed E-state index contributed by atoms with van der Waals surface area (Å²) in [6, 6.07) is 0. The molecule has 0 aromatic rings. The minimum Gasteiger partial charge on any atom is -0.489 e. The van der Waals surface area contributed by atoms with Gasteiger partial charge in [0.15, 0.2) is 6.61 Å². The molecule has 1 saturated heterocycles. The fourth-order valence-electron chi connectivity index (χ4n) is 4.92. The van der Waals surface area contributed by atoms with E-state index in [4.69, 9.17) is 4.74 Å². The molecule has 3 rings (SSSR count). The molecule has 0 aromatic carbocycles. The number of carbonyl (C=O) groups excluding carboxylic acids is 1. The summed E-state index contributed by atoms with van der Waals surface area (Å²) in [4.78, 5) is 11.9. The lowest BCUT2D eigenvalue weighted by atomic mass is 9.54. The molecule has 144 valence electrons. The summed E-state index contributed by atoms with van der Waals surface area (Å²) in [6.45, 7) is 6.51. The number of hydrogen-bond donors (Lipinski definition) is 0. The van der Waals surface area contributed by atoms with Gasteiger partial charge in [0, 0.05) is 11.3 Å². The van der Waals surface area contributed by atoms with Gasteiger partial charge in [-0.3, -0.25) is 0 Å². The predicted molar refractivity (Wildman–Crippen MR) is 90.9 cm³/mol. The van der Waals surface area contributed by atoms with Crippen LogP contribution in [-0.4, -0.2) is 24.9 Å². The van der Waals surface area contributed by atoms with Crippen LogP contribution in [0.15, 0.2) is 36.6 Å². The van der Waals surface area contributed by atoms with Gasteiger partial charge in [0.25, 0.3) is 0 Å². The van der Waals surface area contributed by atoms with Gasteiger partial charge in [-0.25, -0.2) is 4.79 Å². The third kappa shape index (κ3) is 3.42. The number of rotatable bonds is 3. The molecule has 1 saturated carbocycles. The summed E-state index contributed by atoms with van der Waals surface area (Å²) >= 11 is 0. The van der Waals surface area contributed by atoms with Gasteiger partial charge in [-0.05, 0) is 30.6 Å². The fourth-order valence-corrected chi connectivity index (χ4v) is 4.92. The van der Waals surface area contributed by atoms with E-state index in [1.165, 1.54) is 0 Å². The second kappa shape index (κ2) is 6.78. The van der Waals surface area contributed by atoms with Crippen molar-refractivity contribution in [2.75, 3.05) is 6.61 Å². The Morgan fingerprint density at radius 2 is 2.15 bits per heavy atom. The molecule has 3 nitrogen and oxygen atoms in total. The number of carbonyl (C=O) groups is 1. The Kier molecular flexibility index (Phi) is 4.97. The summed E-state index contributed by atoms with van der Waals surface area (Å²) in [6.07, 6.45) is 5.53. The van der Waals surface area contributed by atoms with Crippen LogP contribution in [0.4, 0.5) is 13.2 Å². The molecule has 6 heteroatoms. The van der Waals surface area contributed by atoms with Crippen molar-refractivity contribution in [3.63, 3.8) is 0 Å². The smallest absolute Gasteiger partial charge is 0.422 e. The Balaban J connectivity index is 1.88. The van der Waals surface area contributed by atoms with Crippen LogP contribution < -0.4 is 0 Å². The molecule has 0 bridgehead atoms. The first-order chi connectivity index (χ1) is 12.1. The molecule has 0 unspecified atom stereocenters. The highest BCUT2D eigenvalue weighted by Gasteiger charge is 2.57. The number of halogens is 3. The molecule has 0 amide bonds. The standard InChI is InChI=1S/C20H25F3O3/c1-4-16-15-8-6-13-9-12(2)5-7-14(13)19(15,3)17(26-16)10-18(24)25-11-20(21,22)23/h4,6,8,10,12-16H,1,5,7,9,11H2,2-3H3/b17-10-/t12-,13-,14-,15+,16+,19+/m0/s1. The maximum Gasteiger partial charge on any atom is 0.422 e. The predicted octanol–water partition coefficient (Wildman–Crippen LogP) is 4.81. The lowest BCUT2D eigenvalue weighted by Gasteiger charge is -2.47. The summed E-state index contributed by atoms with van der Waals surface area (Å²) in [5.74, 6) is 0.756. The Morgan fingerprint density at radius 3 is 2.81 bits per heavy atom. The minimum atomic E-state index is -4.54. The van der Waals surface area contributed by atoms with E-state index in [0.29, 0.717) is 23.5 Å². The molecule has 0 radical (unpaired) electrons. The number of fused-ring (bicyclic) bond motifs is 3. The van der Waals surface area contributed by atoms with E-state index in [0.717, 1.165) is 25.3 Å². The van der Waals surface area contributed by atoms with Crippen molar-refractivity contribution in [3.8, 4) is 0 Å². The van der Waals surface area contributed by atoms with Crippen molar-refractivity contribution in [2.24, 2.45) is 29.1 Å². The van der Waals surface area contributed by atoms with E-state index < -0.39 is 24.2 Å². The normalized spacial score (nSPS) is 40.5. The molecular formula is C20H25F3O3. The van der Waals surface area contributed by atoms with Crippen LogP contribution in [0.5, 0.6) is 0 Å². The van der Waals surface area contributed by atoms with E-state index in [1.807, 2.05) is 0 Å². The Labute approximate surface area is 151 Å². The van der Waals surface area contributed by atoms with Gasteiger partial charge in [0.1, 0.15) is 11.9 Å². The van der Waals surface area contributed by atoms with Crippen molar-refractivity contribution >= 4 is 5.97 Å². The molecule has 0 spiro atoms. The zero-order valence-electron chi connectivity index (χ0n) is 15.1. The second-order valence-corrected chi connectivity index (χ2v) is 7.93. The molecule has 6 atom stereocenters. The van der Waals surface area contributed by atoms with Crippen LogP contribution in [-0.2, 0) is 14.3 Å². The summed E-state index contributed by atoms with van der Waals surface area (Å²) < 4.78 is 47.2. The lowest BCUT2D eigenvalue weighted by molar-refractivity contribution is -0.182. The van der Waals surface area contributed by atoms with E-state index in [2.05, 4.69) is 37.3 Å². The van der Waals surface area contributed by atoms with Gasteiger partial charge in [-0.1, -0.05) is 45.1 Å². The van der Waals surface area contributed by atoms with E-state index in [-0.39, 0.29) is 12.0 Å². The van der Waals surface area contributed by atoms with Gasteiger partial charge in [-0.2, -0.15) is 13.2 Å². The molecule has 2 aliphatic carbocycles. The first-order valence-corrected chi connectivity index (χ1v) is 9.08. The number of allylic oxidation sites excluding steroid dienone is 2. The third-order valence-electron chi connectivity index (χ3n) is 6.20. The monoisotopic (exact) mass is 370 g/mol. The second-order valence-electron chi connectivity index (χ2n) is 7.93. The molecule has 1 aliphatic heterocycles. The van der Waals surface area contributed by atoms with Crippen LogP contribution in [0.1, 0.15) is 33.1 Å². The van der Waals surface area contributed by atoms with Gasteiger partial charge in [0.2, 0.25) is 0 Å². The number of alkyl halides is 3. The van der Waals surface area contributed by atoms with Crippen molar-refractivity contribution in [1.82, 2.24) is 0 Å².